The van der Waals surface area contributed by atoms with Gasteiger partial charge < -0.3 is 9.84 Å². The van der Waals surface area contributed by atoms with Gasteiger partial charge in [-0.25, -0.2) is 4.79 Å². The molecule has 0 aliphatic rings. The first-order valence-corrected chi connectivity index (χ1v) is 7.07. The quantitative estimate of drug-likeness (QED) is 0.688. The van der Waals surface area contributed by atoms with Gasteiger partial charge in [-0.05, 0) is 37.5 Å². The second-order valence-electron chi connectivity index (χ2n) is 4.95. The van der Waals surface area contributed by atoms with Crippen molar-refractivity contribution in [1.29, 1.82) is 0 Å². The SMILES string of the molecule is CCCCCCOC(C)Cc1ccc(C(=O)O)cc1. The highest BCUT2D eigenvalue weighted by atomic mass is 16.5. The zero-order valence-corrected chi connectivity index (χ0v) is 11.9. The molecule has 106 valence electrons. The lowest BCUT2D eigenvalue weighted by Crippen LogP contribution is -2.12. The van der Waals surface area contributed by atoms with E-state index in [1.165, 1.54) is 19.3 Å². The van der Waals surface area contributed by atoms with E-state index in [2.05, 4.69) is 13.8 Å². The number of unbranched alkanes of at least 4 members (excludes halogenated alkanes) is 3. The van der Waals surface area contributed by atoms with Crippen LogP contribution in [0.25, 0.3) is 0 Å². The molecule has 1 aromatic carbocycles. The fourth-order valence-corrected chi connectivity index (χ4v) is 1.99. The van der Waals surface area contributed by atoms with E-state index in [1.807, 2.05) is 12.1 Å². The van der Waals surface area contributed by atoms with Crippen LogP contribution in [-0.2, 0) is 11.2 Å². The third kappa shape index (κ3) is 6.39. The lowest BCUT2D eigenvalue weighted by Gasteiger charge is -2.13. The number of carboxylic acid groups (broad SMARTS) is 1. The predicted molar refractivity (Wildman–Crippen MR) is 76.7 cm³/mol. The molecule has 0 bridgehead atoms. The van der Waals surface area contributed by atoms with Crippen molar-refractivity contribution in [2.45, 2.75) is 52.1 Å². The zero-order chi connectivity index (χ0) is 14.1. The summed E-state index contributed by atoms with van der Waals surface area (Å²) in [5, 5.41) is 8.82. The molecule has 0 amide bonds. The molecule has 3 nitrogen and oxygen atoms in total. The molecule has 0 heterocycles. The molecule has 1 N–H and O–H groups in total. The highest BCUT2D eigenvalue weighted by Crippen LogP contribution is 2.09. The van der Waals surface area contributed by atoms with Crippen LogP contribution in [0.1, 0.15) is 55.5 Å². The van der Waals surface area contributed by atoms with E-state index in [9.17, 15) is 4.79 Å². The summed E-state index contributed by atoms with van der Waals surface area (Å²) in [4.78, 5) is 10.7. The van der Waals surface area contributed by atoms with Crippen LogP contribution in [-0.4, -0.2) is 23.8 Å². The van der Waals surface area contributed by atoms with Gasteiger partial charge in [0.15, 0.2) is 0 Å². The predicted octanol–water partition coefficient (Wildman–Crippen LogP) is 3.91. The molecule has 0 aromatic heterocycles. The average molecular weight is 264 g/mol. The van der Waals surface area contributed by atoms with Crippen LogP contribution in [0.4, 0.5) is 0 Å². The van der Waals surface area contributed by atoms with Gasteiger partial charge in [-0.15, -0.1) is 0 Å². The van der Waals surface area contributed by atoms with E-state index in [1.54, 1.807) is 12.1 Å². The first kappa shape index (κ1) is 15.7. The molecule has 0 aliphatic heterocycles. The van der Waals surface area contributed by atoms with Crippen LogP contribution in [0.3, 0.4) is 0 Å². The Hall–Kier alpha value is -1.35. The molecule has 0 saturated heterocycles. The monoisotopic (exact) mass is 264 g/mol. The van der Waals surface area contributed by atoms with Crippen molar-refractivity contribution in [1.82, 2.24) is 0 Å². The van der Waals surface area contributed by atoms with Crippen molar-refractivity contribution in [2.75, 3.05) is 6.61 Å². The van der Waals surface area contributed by atoms with Gasteiger partial charge in [0.2, 0.25) is 0 Å². The van der Waals surface area contributed by atoms with Crippen molar-refractivity contribution in [3.63, 3.8) is 0 Å². The Morgan fingerprint density at radius 2 is 1.89 bits per heavy atom. The highest BCUT2D eigenvalue weighted by Gasteiger charge is 2.06. The highest BCUT2D eigenvalue weighted by molar-refractivity contribution is 5.87. The molecular weight excluding hydrogens is 240 g/mol. The molecule has 1 unspecified atom stereocenters. The second-order valence-corrected chi connectivity index (χ2v) is 4.95. The summed E-state index contributed by atoms with van der Waals surface area (Å²) in [6.45, 7) is 5.07. The van der Waals surface area contributed by atoms with E-state index in [-0.39, 0.29) is 6.10 Å². The Balaban J connectivity index is 2.27. The summed E-state index contributed by atoms with van der Waals surface area (Å²) in [6, 6.07) is 7.01. The zero-order valence-electron chi connectivity index (χ0n) is 11.9. The molecule has 0 radical (unpaired) electrons. The van der Waals surface area contributed by atoms with Crippen LogP contribution >= 0.6 is 0 Å². The lowest BCUT2D eigenvalue weighted by molar-refractivity contribution is 0.0635. The molecular formula is C16H24O3. The minimum atomic E-state index is -0.883. The van der Waals surface area contributed by atoms with Crippen LogP contribution in [0.2, 0.25) is 0 Å². The van der Waals surface area contributed by atoms with Crippen molar-refractivity contribution in [2.24, 2.45) is 0 Å². The van der Waals surface area contributed by atoms with Crippen LogP contribution in [0, 0.1) is 0 Å². The van der Waals surface area contributed by atoms with Gasteiger partial charge in [0.05, 0.1) is 11.7 Å². The van der Waals surface area contributed by atoms with Gasteiger partial charge in [0, 0.05) is 6.61 Å². The summed E-state index contributed by atoms with van der Waals surface area (Å²) < 4.78 is 5.75. The fourth-order valence-electron chi connectivity index (χ4n) is 1.99. The summed E-state index contributed by atoms with van der Waals surface area (Å²) >= 11 is 0. The summed E-state index contributed by atoms with van der Waals surface area (Å²) in [6.07, 6.45) is 5.87. The minimum absolute atomic E-state index is 0.178. The van der Waals surface area contributed by atoms with E-state index < -0.39 is 5.97 Å². The molecule has 0 aliphatic carbocycles. The Bertz CT molecular complexity index is 370. The number of benzene rings is 1. The maximum atomic E-state index is 10.7. The van der Waals surface area contributed by atoms with Gasteiger partial charge in [-0.2, -0.15) is 0 Å². The Morgan fingerprint density at radius 1 is 1.21 bits per heavy atom. The maximum Gasteiger partial charge on any atom is 0.335 e. The first-order valence-electron chi connectivity index (χ1n) is 7.07. The van der Waals surface area contributed by atoms with Gasteiger partial charge >= 0.3 is 5.97 Å². The summed E-state index contributed by atoms with van der Waals surface area (Å²) in [5.74, 6) is -0.883. The molecule has 1 rings (SSSR count). The molecule has 0 spiro atoms. The smallest absolute Gasteiger partial charge is 0.335 e. The van der Waals surface area contributed by atoms with Gasteiger partial charge in [-0.3, -0.25) is 0 Å². The summed E-state index contributed by atoms with van der Waals surface area (Å²) in [5.41, 5.74) is 1.45. The number of hydrogen-bond acceptors (Lipinski definition) is 2. The van der Waals surface area contributed by atoms with Crippen molar-refractivity contribution in [3.8, 4) is 0 Å². The molecule has 3 heteroatoms. The normalized spacial score (nSPS) is 12.3. The Morgan fingerprint density at radius 3 is 2.47 bits per heavy atom. The van der Waals surface area contributed by atoms with Crippen LogP contribution < -0.4 is 0 Å². The largest absolute Gasteiger partial charge is 0.478 e. The van der Waals surface area contributed by atoms with Gasteiger partial charge in [-0.1, -0.05) is 38.3 Å². The second kappa shape index (κ2) is 8.70. The number of hydrogen-bond donors (Lipinski definition) is 1. The van der Waals surface area contributed by atoms with E-state index in [0.717, 1.165) is 25.0 Å². The number of rotatable bonds is 9. The van der Waals surface area contributed by atoms with E-state index >= 15 is 0 Å². The standard InChI is InChI=1S/C16H24O3/c1-3-4-5-6-11-19-13(2)12-14-7-9-15(10-8-14)16(17)18/h7-10,13H,3-6,11-12H2,1-2H3,(H,17,18). The molecule has 0 fully saturated rings. The molecule has 1 aromatic rings. The first-order chi connectivity index (χ1) is 9.13. The van der Waals surface area contributed by atoms with E-state index in [0.29, 0.717) is 5.56 Å². The van der Waals surface area contributed by atoms with Crippen LogP contribution in [0.15, 0.2) is 24.3 Å². The fraction of sp³-hybridized carbons (Fsp3) is 0.562. The Labute approximate surface area is 115 Å². The third-order valence-corrected chi connectivity index (χ3v) is 3.12. The van der Waals surface area contributed by atoms with Crippen LogP contribution in [0.5, 0.6) is 0 Å². The average Bonchev–Trinajstić information content (AvgIpc) is 2.39. The molecule has 19 heavy (non-hydrogen) atoms. The number of carbonyl (C=O) groups is 1. The Kier molecular flexibility index (Phi) is 7.19. The van der Waals surface area contributed by atoms with Gasteiger partial charge in [0.1, 0.15) is 0 Å². The lowest BCUT2D eigenvalue weighted by atomic mass is 10.1. The van der Waals surface area contributed by atoms with E-state index in [4.69, 9.17) is 9.84 Å². The number of carboxylic acids is 1. The minimum Gasteiger partial charge on any atom is -0.478 e. The maximum absolute atomic E-state index is 10.7. The van der Waals surface area contributed by atoms with Crippen molar-refractivity contribution in [3.05, 3.63) is 35.4 Å². The number of aromatic carboxylic acids is 1. The number of ether oxygens (including phenoxy) is 1. The summed E-state index contributed by atoms with van der Waals surface area (Å²) in [7, 11) is 0. The third-order valence-electron chi connectivity index (χ3n) is 3.12. The molecule has 0 saturated carbocycles. The molecule has 1 atom stereocenters. The topological polar surface area (TPSA) is 46.5 Å². The van der Waals surface area contributed by atoms with Crippen molar-refractivity contribution >= 4 is 5.97 Å². The van der Waals surface area contributed by atoms with Gasteiger partial charge in [0.25, 0.3) is 0 Å². The van der Waals surface area contributed by atoms with Crippen molar-refractivity contribution < 1.29 is 14.6 Å².